The Bertz CT molecular complexity index is 811. The van der Waals surface area contributed by atoms with E-state index in [4.69, 9.17) is 28.9 Å². The number of anilines is 1. The van der Waals surface area contributed by atoms with Crippen molar-refractivity contribution in [2.75, 3.05) is 5.73 Å². The van der Waals surface area contributed by atoms with Crippen molar-refractivity contribution in [1.29, 1.82) is 0 Å². The number of nitrogen functional groups attached to an aromatic ring is 1. The van der Waals surface area contributed by atoms with Gasteiger partial charge in [0.25, 0.3) is 0 Å². The first-order valence-electron chi connectivity index (χ1n) is 6.29. The molecule has 0 saturated carbocycles. The van der Waals surface area contributed by atoms with E-state index < -0.39 is 0 Å². The zero-order chi connectivity index (χ0) is 15.0. The van der Waals surface area contributed by atoms with Gasteiger partial charge >= 0.3 is 0 Å². The molecule has 6 heteroatoms. The number of H-pyrrole nitrogens is 1. The van der Waals surface area contributed by atoms with Gasteiger partial charge in [0.2, 0.25) is 0 Å². The summed E-state index contributed by atoms with van der Waals surface area (Å²) in [5.41, 5.74) is 10.3. The summed E-state index contributed by atoms with van der Waals surface area (Å²) in [7, 11) is 0. The maximum atomic E-state index is 6.10. The smallest absolute Gasteiger partial charge is 0.153 e. The van der Waals surface area contributed by atoms with Crippen LogP contribution < -0.4 is 5.73 Å². The van der Waals surface area contributed by atoms with Gasteiger partial charge in [-0.05, 0) is 36.8 Å². The third kappa shape index (κ3) is 2.48. The lowest BCUT2D eigenvalue weighted by Crippen LogP contribution is -1.91. The Morgan fingerprint density at radius 3 is 2.67 bits per heavy atom. The number of rotatable bonds is 2. The van der Waals surface area contributed by atoms with Gasteiger partial charge in [-0.1, -0.05) is 29.3 Å². The highest BCUT2D eigenvalue weighted by Gasteiger charge is 2.17. The lowest BCUT2D eigenvalue weighted by molar-refractivity contribution is 1.09. The summed E-state index contributed by atoms with van der Waals surface area (Å²) in [5, 5.41) is 8.06. The van der Waals surface area contributed by atoms with Gasteiger partial charge in [-0.25, -0.2) is 0 Å². The molecule has 3 N–H and O–H groups in total. The minimum atomic E-state index is 0.409. The van der Waals surface area contributed by atoms with Gasteiger partial charge in [-0.2, -0.15) is 5.10 Å². The second-order valence-corrected chi connectivity index (χ2v) is 5.44. The first-order chi connectivity index (χ1) is 10.1. The van der Waals surface area contributed by atoms with Crippen molar-refractivity contribution < 1.29 is 0 Å². The van der Waals surface area contributed by atoms with Gasteiger partial charge in [0.1, 0.15) is 0 Å². The molecule has 3 aromatic rings. The number of nitrogens with one attached hydrogen (secondary N) is 1. The molecule has 0 saturated heterocycles. The summed E-state index contributed by atoms with van der Waals surface area (Å²) in [6.45, 7) is 1.94. The molecule has 0 amide bonds. The molecule has 0 aliphatic rings. The molecule has 106 valence electrons. The molecule has 2 heterocycles. The molecule has 0 spiro atoms. The Labute approximate surface area is 131 Å². The Morgan fingerprint density at radius 1 is 1.14 bits per heavy atom. The van der Waals surface area contributed by atoms with E-state index in [2.05, 4.69) is 15.2 Å². The Kier molecular flexibility index (Phi) is 3.57. The van der Waals surface area contributed by atoms with Gasteiger partial charge < -0.3 is 5.73 Å². The van der Waals surface area contributed by atoms with Crippen LogP contribution in [0.2, 0.25) is 10.0 Å². The van der Waals surface area contributed by atoms with Crippen LogP contribution in [-0.2, 0) is 0 Å². The summed E-state index contributed by atoms with van der Waals surface area (Å²) in [5.74, 6) is 0.409. The molecule has 0 aliphatic carbocycles. The molecule has 1 aromatic carbocycles. The number of nitrogens with zero attached hydrogens (tertiary/aromatic N) is 2. The maximum Gasteiger partial charge on any atom is 0.153 e. The molecule has 0 aliphatic heterocycles. The molecule has 0 bridgehead atoms. The second-order valence-electron chi connectivity index (χ2n) is 4.62. The fourth-order valence-electron chi connectivity index (χ4n) is 2.24. The highest BCUT2D eigenvalue weighted by Crippen LogP contribution is 2.37. The van der Waals surface area contributed by atoms with E-state index in [1.807, 2.05) is 25.1 Å². The molecule has 0 unspecified atom stereocenters. The van der Waals surface area contributed by atoms with Crippen molar-refractivity contribution >= 4 is 29.0 Å². The Balaban J connectivity index is 2.22. The number of halogens is 2. The van der Waals surface area contributed by atoms with Gasteiger partial charge in [-0.15, -0.1) is 0 Å². The quantitative estimate of drug-likeness (QED) is 0.738. The molecule has 0 atom stereocenters. The van der Waals surface area contributed by atoms with E-state index in [1.165, 1.54) is 0 Å². The number of pyridine rings is 1. The van der Waals surface area contributed by atoms with Crippen molar-refractivity contribution in [3.63, 3.8) is 0 Å². The van der Waals surface area contributed by atoms with Gasteiger partial charge in [0, 0.05) is 17.5 Å². The van der Waals surface area contributed by atoms with Crippen LogP contribution in [0.5, 0.6) is 0 Å². The molecule has 2 aromatic heterocycles. The number of aromatic amines is 1. The van der Waals surface area contributed by atoms with Crippen molar-refractivity contribution in [2.45, 2.75) is 6.92 Å². The summed E-state index contributed by atoms with van der Waals surface area (Å²) >= 11 is 12.1. The van der Waals surface area contributed by atoms with E-state index in [1.54, 1.807) is 18.3 Å². The first kappa shape index (κ1) is 13.9. The predicted octanol–water partition coefficient (Wildman–Crippen LogP) is 4.34. The van der Waals surface area contributed by atoms with Crippen LogP contribution in [0.4, 0.5) is 5.82 Å². The number of benzene rings is 1. The molecule has 0 radical (unpaired) electrons. The minimum Gasteiger partial charge on any atom is -0.382 e. The first-order valence-corrected chi connectivity index (χ1v) is 7.04. The largest absolute Gasteiger partial charge is 0.382 e. The standard InChI is InChI=1S/C15H12Cl2N4/c1-8-10(3-2-6-19-8)14-13(15(18)21-20-14)9-4-5-11(16)12(17)7-9/h2-7H,1H3,(H3,18,20,21). The molecule has 21 heavy (non-hydrogen) atoms. The molecule has 0 fully saturated rings. The number of nitrogens with two attached hydrogens (primary N) is 1. The normalized spacial score (nSPS) is 10.8. The maximum absolute atomic E-state index is 6.10. The fourth-order valence-corrected chi connectivity index (χ4v) is 2.54. The summed E-state index contributed by atoms with van der Waals surface area (Å²) in [4.78, 5) is 4.30. The van der Waals surface area contributed by atoms with Crippen LogP contribution in [0.25, 0.3) is 22.4 Å². The molecule has 3 rings (SSSR count). The monoisotopic (exact) mass is 318 g/mol. The van der Waals surface area contributed by atoms with E-state index >= 15 is 0 Å². The van der Waals surface area contributed by atoms with Crippen LogP contribution in [0.3, 0.4) is 0 Å². The average molecular weight is 319 g/mol. The minimum absolute atomic E-state index is 0.409. The summed E-state index contributed by atoms with van der Waals surface area (Å²) < 4.78 is 0. The van der Waals surface area contributed by atoms with Crippen LogP contribution in [-0.4, -0.2) is 15.2 Å². The van der Waals surface area contributed by atoms with Gasteiger partial charge in [-0.3, -0.25) is 10.1 Å². The SMILES string of the molecule is Cc1ncccc1-c1[nH]nc(N)c1-c1ccc(Cl)c(Cl)c1. The topological polar surface area (TPSA) is 67.6 Å². The van der Waals surface area contributed by atoms with Gasteiger partial charge in [0.05, 0.1) is 21.3 Å². The Morgan fingerprint density at radius 2 is 1.95 bits per heavy atom. The number of aromatic nitrogens is 3. The third-order valence-corrected chi connectivity index (χ3v) is 4.02. The van der Waals surface area contributed by atoms with Crippen LogP contribution >= 0.6 is 23.2 Å². The third-order valence-electron chi connectivity index (χ3n) is 3.28. The van der Waals surface area contributed by atoms with Crippen molar-refractivity contribution in [1.82, 2.24) is 15.2 Å². The highest BCUT2D eigenvalue weighted by molar-refractivity contribution is 6.42. The Hall–Kier alpha value is -2.04. The van der Waals surface area contributed by atoms with E-state index in [0.717, 1.165) is 28.1 Å². The lowest BCUT2D eigenvalue weighted by atomic mass is 10.0. The second kappa shape index (κ2) is 5.39. The van der Waals surface area contributed by atoms with Crippen molar-refractivity contribution in [2.24, 2.45) is 0 Å². The average Bonchev–Trinajstić information content (AvgIpc) is 2.84. The number of aryl methyl sites for hydroxylation is 1. The van der Waals surface area contributed by atoms with Crippen LogP contribution in [0.15, 0.2) is 36.5 Å². The van der Waals surface area contributed by atoms with E-state index in [-0.39, 0.29) is 0 Å². The van der Waals surface area contributed by atoms with Crippen molar-refractivity contribution in [3.05, 3.63) is 52.3 Å². The number of hydrogen-bond acceptors (Lipinski definition) is 3. The predicted molar refractivity (Wildman–Crippen MR) is 86.4 cm³/mol. The van der Waals surface area contributed by atoms with Crippen LogP contribution in [0.1, 0.15) is 5.69 Å². The zero-order valence-corrected chi connectivity index (χ0v) is 12.7. The summed E-state index contributed by atoms with van der Waals surface area (Å²) in [6.07, 6.45) is 1.75. The zero-order valence-electron chi connectivity index (χ0n) is 11.2. The van der Waals surface area contributed by atoms with E-state index in [9.17, 15) is 0 Å². The van der Waals surface area contributed by atoms with E-state index in [0.29, 0.717) is 15.9 Å². The lowest BCUT2D eigenvalue weighted by Gasteiger charge is -2.07. The summed E-state index contributed by atoms with van der Waals surface area (Å²) in [6, 6.07) is 9.23. The fraction of sp³-hybridized carbons (Fsp3) is 0.0667. The molecular weight excluding hydrogens is 307 g/mol. The molecule has 4 nitrogen and oxygen atoms in total. The van der Waals surface area contributed by atoms with Crippen molar-refractivity contribution in [3.8, 4) is 22.4 Å². The highest BCUT2D eigenvalue weighted by atomic mass is 35.5. The van der Waals surface area contributed by atoms with Crippen LogP contribution in [0, 0.1) is 6.92 Å². The number of hydrogen-bond donors (Lipinski definition) is 2. The molecular formula is C15H12Cl2N4. The van der Waals surface area contributed by atoms with Gasteiger partial charge in [0.15, 0.2) is 5.82 Å².